The molecule has 0 atom stereocenters. The van der Waals surface area contributed by atoms with Gasteiger partial charge in [-0.05, 0) is 38.7 Å². The normalized spacial score (nSPS) is 14.6. The number of nitrogens with zero attached hydrogens (tertiary/aromatic N) is 3. The Labute approximate surface area is 119 Å². The van der Waals surface area contributed by atoms with Gasteiger partial charge in [-0.2, -0.15) is 0 Å². The zero-order valence-corrected chi connectivity index (χ0v) is 12.0. The molecule has 1 aliphatic rings. The van der Waals surface area contributed by atoms with Crippen LogP contribution in [0.15, 0.2) is 24.8 Å². The summed E-state index contributed by atoms with van der Waals surface area (Å²) in [6, 6.07) is 2.08. The highest BCUT2D eigenvalue weighted by Gasteiger charge is 2.22. The van der Waals surface area contributed by atoms with Crippen LogP contribution in [0.25, 0.3) is 0 Å². The number of rotatable bonds is 5. The minimum Gasteiger partial charge on any atom is -0.348 e. The van der Waals surface area contributed by atoms with Crippen LogP contribution >= 0.6 is 0 Å². The molecule has 106 valence electrons. The highest BCUT2D eigenvalue weighted by molar-refractivity contribution is 5.98. The van der Waals surface area contributed by atoms with Gasteiger partial charge in [0.15, 0.2) is 5.78 Å². The molecular formula is C16H21N3O. The third-order valence-electron chi connectivity index (χ3n) is 4.14. The largest absolute Gasteiger partial charge is 0.348 e. The Kier molecular flexibility index (Phi) is 3.72. The molecule has 0 saturated heterocycles. The first-order valence-electron chi connectivity index (χ1n) is 7.43. The number of Topliss-reactive ketones (excluding diaryl/α,β-unsaturated/α-hetero) is 1. The summed E-state index contributed by atoms with van der Waals surface area (Å²) in [6.07, 6.45) is 10.7. The summed E-state index contributed by atoms with van der Waals surface area (Å²) in [5, 5.41) is 0. The lowest BCUT2D eigenvalue weighted by Gasteiger charge is -2.16. The number of fused-ring (bicyclic) bond motifs is 1. The van der Waals surface area contributed by atoms with E-state index < -0.39 is 0 Å². The van der Waals surface area contributed by atoms with E-state index >= 15 is 0 Å². The van der Waals surface area contributed by atoms with Crippen molar-refractivity contribution in [3.8, 4) is 0 Å². The van der Waals surface area contributed by atoms with Gasteiger partial charge in [0.1, 0.15) is 0 Å². The molecule has 2 aromatic rings. The van der Waals surface area contributed by atoms with Crippen LogP contribution in [0.2, 0.25) is 0 Å². The molecule has 1 aliphatic carbocycles. The van der Waals surface area contributed by atoms with Crippen molar-refractivity contribution in [1.29, 1.82) is 0 Å². The SMILES string of the molecule is Cc1cc2c(n1CCCCn1ccnc1)CCCC2=O. The van der Waals surface area contributed by atoms with Crippen molar-refractivity contribution < 1.29 is 4.79 Å². The number of carbonyl (C=O) groups is 1. The summed E-state index contributed by atoms with van der Waals surface area (Å²) in [5.41, 5.74) is 3.47. The molecule has 20 heavy (non-hydrogen) atoms. The van der Waals surface area contributed by atoms with Crippen molar-refractivity contribution in [1.82, 2.24) is 14.1 Å². The molecule has 0 radical (unpaired) electrons. The summed E-state index contributed by atoms with van der Waals surface area (Å²) in [6.45, 7) is 4.14. The van der Waals surface area contributed by atoms with E-state index in [0.717, 1.165) is 50.8 Å². The van der Waals surface area contributed by atoms with Crippen molar-refractivity contribution >= 4 is 5.78 Å². The Bertz CT molecular complexity index is 596. The Hall–Kier alpha value is -1.84. The molecule has 0 amide bonds. The molecule has 2 heterocycles. The topological polar surface area (TPSA) is 39.8 Å². The molecular weight excluding hydrogens is 250 g/mol. The van der Waals surface area contributed by atoms with E-state index in [2.05, 4.69) is 27.1 Å². The van der Waals surface area contributed by atoms with E-state index in [1.807, 2.05) is 18.7 Å². The zero-order chi connectivity index (χ0) is 13.9. The lowest BCUT2D eigenvalue weighted by molar-refractivity contribution is 0.0971. The second-order valence-corrected chi connectivity index (χ2v) is 5.58. The van der Waals surface area contributed by atoms with Gasteiger partial charge in [-0.25, -0.2) is 4.98 Å². The Morgan fingerprint density at radius 3 is 2.90 bits per heavy atom. The van der Waals surface area contributed by atoms with Gasteiger partial charge in [-0.1, -0.05) is 0 Å². The molecule has 0 aliphatic heterocycles. The number of imidazole rings is 1. The predicted octanol–water partition coefficient (Wildman–Crippen LogP) is 2.99. The fourth-order valence-corrected chi connectivity index (χ4v) is 3.09. The minimum atomic E-state index is 0.325. The standard InChI is InChI=1S/C16H21N3O/c1-13-11-14-15(5-4-6-16(14)20)19(13)9-3-2-8-18-10-7-17-12-18/h7,10-12H,2-6,8-9H2,1H3. The van der Waals surface area contributed by atoms with Gasteiger partial charge >= 0.3 is 0 Å². The van der Waals surface area contributed by atoms with Crippen LogP contribution in [0.3, 0.4) is 0 Å². The average Bonchev–Trinajstić information content (AvgIpc) is 3.04. The van der Waals surface area contributed by atoms with Crippen LogP contribution in [0.4, 0.5) is 0 Å². The van der Waals surface area contributed by atoms with Crippen LogP contribution in [0.5, 0.6) is 0 Å². The lowest BCUT2D eigenvalue weighted by atomic mass is 9.96. The predicted molar refractivity (Wildman–Crippen MR) is 77.9 cm³/mol. The van der Waals surface area contributed by atoms with E-state index in [-0.39, 0.29) is 0 Å². The Balaban J connectivity index is 1.61. The lowest BCUT2D eigenvalue weighted by Crippen LogP contribution is -2.14. The molecule has 4 nitrogen and oxygen atoms in total. The quantitative estimate of drug-likeness (QED) is 0.784. The monoisotopic (exact) mass is 271 g/mol. The van der Waals surface area contributed by atoms with Crippen LogP contribution < -0.4 is 0 Å². The molecule has 0 bridgehead atoms. The summed E-state index contributed by atoms with van der Waals surface area (Å²) in [5.74, 6) is 0.325. The molecule has 0 spiro atoms. The second-order valence-electron chi connectivity index (χ2n) is 5.58. The number of aryl methyl sites for hydroxylation is 2. The Morgan fingerprint density at radius 2 is 2.10 bits per heavy atom. The maximum absolute atomic E-state index is 11.9. The number of ketones is 1. The molecule has 2 aromatic heterocycles. The Morgan fingerprint density at radius 1 is 1.25 bits per heavy atom. The fourth-order valence-electron chi connectivity index (χ4n) is 3.09. The van der Waals surface area contributed by atoms with E-state index in [1.54, 1.807) is 0 Å². The van der Waals surface area contributed by atoms with E-state index in [0.29, 0.717) is 5.78 Å². The van der Waals surface area contributed by atoms with Gasteiger partial charge in [0.25, 0.3) is 0 Å². The van der Waals surface area contributed by atoms with Gasteiger partial charge in [0, 0.05) is 48.9 Å². The van der Waals surface area contributed by atoms with Crippen LogP contribution in [-0.4, -0.2) is 19.9 Å². The van der Waals surface area contributed by atoms with Crippen LogP contribution in [-0.2, 0) is 19.5 Å². The summed E-state index contributed by atoms with van der Waals surface area (Å²) in [4.78, 5) is 16.0. The van der Waals surface area contributed by atoms with Crippen molar-refractivity contribution in [3.63, 3.8) is 0 Å². The average molecular weight is 271 g/mol. The summed E-state index contributed by atoms with van der Waals surface area (Å²) >= 11 is 0. The number of carbonyl (C=O) groups excluding carboxylic acids is 1. The van der Waals surface area contributed by atoms with Crippen molar-refractivity contribution in [2.45, 2.75) is 52.1 Å². The first kappa shape index (κ1) is 13.2. The molecule has 0 fully saturated rings. The van der Waals surface area contributed by atoms with Crippen molar-refractivity contribution in [2.24, 2.45) is 0 Å². The minimum absolute atomic E-state index is 0.325. The van der Waals surface area contributed by atoms with Gasteiger partial charge in [-0.15, -0.1) is 0 Å². The highest BCUT2D eigenvalue weighted by Crippen LogP contribution is 2.25. The third-order valence-corrected chi connectivity index (χ3v) is 4.14. The number of hydrogen-bond acceptors (Lipinski definition) is 2. The maximum atomic E-state index is 11.9. The second kappa shape index (κ2) is 5.65. The van der Waals surface area contributed by atoms with E-state index in [9.17, 15) is 4.79 Å². The summed E-state index contributed by atoms with van der Waals surface area (Å²) in [7, 11) is 0. The van der Waals surface area contributed by atoms with Crippen molar-refractivity contribution in [3.05, 3.63) is 41.7 Å². The highest BCUT2D eigenvalue weighted by atomic mass is 16.1. The van der Waals surface area contributed by atoms with Crippen LogP contribution in [0, 0.1) is 6.92 Å². The van der Waals surface area contributed by atoms with Crippen molar-refractivity contribution in [2.75, 3.05) is 0 Å². The summed E-state index contributed by atoms with van der Waals surface area (Å²) < 4.78 is 4.46. The number of hydrogen-bond donors (Lipinski definition) is 0. The number of unbranched alkanes of at least 4 members (excludes halogenated alkanes) is 1. The zero-order valence-electron chi connectivity index (χ0n) is 12.0. The first-order valence-corrected chi connectivity index (χ1v) is 7.43. The maximum Gasteiger partial charge on any atom is 0.164 e. The smallest absolute Gasteiger partial charge is 0.164 e. The molecule has 0 unspecified atom stereocenters. The molecule has 0 N–H and O–H groups in total. The van der Waals surface area contributed by atoms with E-state index in [1.165, 1.54) is 11.4 Å². The molecule has 3 rings (SSSR count). The van der Waals surface area contributed by atoms with E-state index in [4.69, 9.17) is 0 Å². The van der Waals surface area contributed by atoms with Crippen LogP contribution in [0.1, 0.15) is 47.4 Å². The first-order chi connectivity index (χ1) is 9.75. The van der Waals surface area contributed by atoms with Gasteiger partial charge in [-0.3, -0.25) is 4.79 Å². The number of aromatic nitrogens is 3. The third kappa shape index (κ3) is 2.55. The molecule has 4 heteroatoms. The van der Waals surface area contributed by atoms with Gasteiger partial charge in [0.2, 0.25) is 0 Å². The van der Waals surface area contributed by atoms with Gasteiger partial charge in [0.05, 0.1) is 6.33 Å². The molecule has 0 saturated carbocycles. The van der Waals surface area contributed by atoms with Gasteiger partial charge < -0.3 is 9.13 Å². The molecule has 0 aromatic carbocycles. The fraction of sp³-hybridized carbons (Fsp3) is 0.500.